The Morgan fingerprint density at radius 3 is 2.86 bits per heavy atom. The quantitative estimate of drug-likeness (QED) is 0.835. The predicted molar refractivity (Wildman–Crippen MR) is 58.0 cm³/mol. The molecule has 78 valence electrons. The van der Waals surface area contributed by atoms with Crippen molar-refractivity contribution in [2.45, 2.75) is 6.10 Å². The summed E-state index contributed by atoms with van der Waals surface area (Å²) in [4.78, 5) is 0. The van der Waals surface area contributed by atoms with Crippen LogP contribution in [0.15, 0.2) is 16.6 Å². The maximum absolute atomic E-state index is 13.3. The Bertz CT molecular complexity index is 335. The molecule has 5 heteroatoms. The van der Waals surface area contributed by atoms with Crippen molar-refractivity contribution in [3.8, 4) is 0 Å². The Morgan fingerprint density at radius 1 is 1.64 bits per heavy atom. The molecule has 1 unspecified atom stereocenters. The van der Waals surface area contributed by atoms with Gasteiger partial charge < -0.3 is 10.4 Å². The molecule has 1 atom stereocenters. The van der Waals surface area contributed by atoms with E-state index in [9.17, 15) is 9.50 Å². The standard InChI is InChI=1S/C9H10BrClFNO/c1-13-4-7(14)8-6(12)3-2-5(11)9(8)10/h2-3,7,13-14H,4H2,1H3. The number of hydrogen-bond acceptors (Lipinski definition) is 2. The van der Waals surface area contributed by atoms with E-state index in [1.807, 2.05) is 0 Å². The van der Waals surface area contributed by atoms with Gasteiger partial charge in [-0.25, -0.2) is 4.39 Å². The Morgan fingerprint density at radius 2 is 2.29 bits per heavy atom. The molecule has 0 radical (unpaired) electrons. The summed E-state index contributed by atoms with van der Waals surface area (Å²) in [6, 6.07) is 2.68. The first kappa shape index (κ1) is 11.9. The molecule has 0 aliphatic carbocycles. The first-order valence-corrected chi connectivity index (χ1v) is 5.21. The summed E-state index contributed by atoms with van der Waals surface area (Å²) in [6.45, 7) is 0.274. The molecule has 0 aliphatic rings. The second-order valence-electron chi connectivity index (χ2n) is 2.83. The van der Waals surface area contributed by atoms with Gasteiger partial charge in [0.1, 0.15) is 5.82 Å². The fraction of sp³-hybridized carbons (Fsp3) is 0.333. The van der Waals surface area contributed by atoms with Gasteiger partial charge in [-0.3, -0.25) is 0 Å². The van der Waals surface area contributed by atoms with Gasteiger partial charge in [0.2, 0.25) is 0 Å². The third-order valence-electron chi connectivity index (χ3n) is 1.81. The van der Waals surface area contributed by atoms with Crippen LogP contribution in [0.5, 0.6) is 0 Å². The zero-order valence-corrected chi connectivity index (χ0v) is 9.86. The van der Waals surface area contributed by atoms with Crippen molar-refractivity contribution in [3.63, 3.8) is 0 Å². The summed E-state index contributed by atoms with van der Waals surface area (Å²) < 4.78 is 13.7. The number of likely N-dealkylation sites (N-methyl/N-ethyl adjacent to an activating group) is 1. The molecule has 14 heavy (non-hydrogen) atoms. The number of aliphatic hydroxyl groups is 1. The topological polar surface area (TPSA) is 32.3 Å². The number of halogens is 3. The number of rotatable bonds is 3. The lowest BCUT2D eigenvalue weighted by atomic mass is 10.1. The highest BCUT2D eigenvalue weighted by Gasteiger charge is 2.17. The fourth-order valence-corrected chi connectivity index (χ4v) is 1.89. The lowest BCUT2D eigenvalue weighted by Gasteiger charge is -2.13. The average molecular weight is 283 g/mol. The molecular formula is C9H10BrClFNO. The first-order chi connectivity index (χ1) is 6.57. The van der Waals surface area contributed by atoms with Crippen LogP contribution in [0.4, 0.5) is 4.39 Å². The van der Waals surface area contributed by atoms with E-state index in [1.165, 1.54) is 12.1 Å². The van der Waals surface area contributed by atoms with Gasteiger partial charge in [-0.05, 0) is 35.1 Å². The smallest absolute Gasteiger partial charge is 0.130 e. The van der Waals surface area contributed by atoms with Crippen molar-refractivity contribution in [1.82, 2.24) is 5.32 Å². The molecule has 0 heterocycles. The molecule has 0 bridgehead atoms. The predicted octanol–water partition coefficient (Wildman–Crippen LogP) is 2.49. The van der Waals surface area contributed by atoms with Crippen LogP contribution in [0.1, 0.15) is 11.7 Å². The summed E-state index contributed by atoms with van der Waals surface area (Å²) >= 11 is 8.93. The minimum atomic E-state index is -0.909. The largest absolute Gasteiger partial charge is 0.387 e. The van der Waals surface area contributed by atoms with Crippen LogP contribution < -0.4 is 5.32 Å². The number of aliphatic hydroxyl groups excluding tert-OH is 1. The molecular weight excluding hydrogens is 272 g/mol. The van der Waals surface area contributed by atoms with Gasteiger partial charge in [0.15, 0.2) is 0 Å². The third-order valence-corrected chi connectivity index (χ3v) is 3.21. The lowest BCUT2D eigenvalue weighted by Crippen LogP contribution is -2.18. The van der Waals surface area contributed by atoms with Gasteiger partial charge in [-0.2, -0.15) is 0 Å². The molecule has 2 nitrogen and oxygen atoms in total. The first-order valence-electron chi connectivity index (χ1n) is 4.04. The second-order valence-corrected chi connectivity index (χ2v) is 4.03. The van der Waals surface area contributed by atoms with Crippen molar-refractivity contribution in [2.75, 3.05) is 13.6 Å². The summed E-state index contributed by atoms with van der Waals surface area (Å²) in [7, 11) is 1.68. The highest BCUT2D eigenvalue weighted by Crippen LogP contribution is 2.32. The molecule has 0 aromatic heterocycles. The van der Waals surface area contributed by atoms with Gasteiger partial charge >= 0.3 is 0 Å². The van der Waals surface area contributed by atoms with Crippen LogP contribution >= 0.6 is 27.5 Å². The molecule has 2 N–H and O–H groups in total. The van der Waals surface area contributed by atoms with Crippen molar-refractivity contribution in [2.24, 2.45) is 0 Å². The van der Waals surface area contributed by atoms with Crippen molar-refractivity contribution < 1.29 is 9.50 Å². The highest BCUT2D eigenvalue weighted by atomic mass is 79.9. The van der Waals surface area contributed by atoms with E-state index in [4.69, 9.17) is 11.6 Å². The Balaban J connectivity index is 3.11. The molecule has 0 spiro atoms. The Kier molecular flexibility index (Phi) is 4.31. The van der Waals surface area contributed by atoms with Gasteiger partial charge in [0.25, 0.3) is 0 Å². The average Bonchev–Trinajstić information content (AvgIpc) is 2.13. The maximum Gasteiger partial charge on any atom is 0.130 e. The summed E-state index contributed by atoms with van der Waals surface area (Å²) in [5.41, 5.74) is 0.187. The van der Waals surface area contributed by atoms with Gasteiger partial charge in [-0.1, -0.05) is 11.6 Å². The van der Waals surface area contributed by atoms with Crippen molar-refractivity contribution >= 4 is 27.5 Å². The van der Waals surface area contributed by atoms with E-state index in [2.05, 4.69) is 21.2 Å². The van der Waals surface area contributed by atoms with Crippen molar-refractivity contribution in [3.05, 3.63) is 33.0 Å². The summed E-state index contributed by atoms with van der Waals surface area (Å²) in [6.07, 6.45) is -0.909. The molecule has 0 saturated heterocycles. The zero-order chi connectivity index (χ0) is 10.7. The Hall–Kier alpha value is -0.160. The third kappa shape index (κ3) is 2.45. The van der Waals surface area contributed by atoms with E-state index >= 15 is 0 Å². The monoisotopic (exact) mass is 281 g/mol. The number of hydrogen-bond donors (Lipinski definition) is 2. The zero-order valence-electron chi connectivity index (χ0n) is 7.52. The number of benzene rings is 1. The van der Waals surface area contributed by atoms with E-state index in [0.717, 1.165) is 0 Å². The Labute approximate surface area is 95.2 Å². The van der Waals surface area contributed by atoms with Crippen LogP contribution in [0.3, 0.4) is 0 Å². The number of nitrogens with one attached hydrogen (secondary N) is 1. The van der Waals surface area contributed by atoms with E-state index in [0.29, 0.717) is 9.50 Å². The van der Waals surface area contributed by atoms with Crippen LogP contribution in [0, 0.1) is 5.82 Å². The molecule has 0 aliphatic heterocycles. The molecule has 0 fully saturated rings. The SMILES string of the molecule is CNCC(O)c1c(F)ccc(Cl)c1Br. The molecule has 0 saturated carbocycles. The fourth-order valence-electron chi connectivity index (χ4n) is 1.14. The lowest BCUT2D eigenvalue weighted by molar-refractivity contribution is 0.172. The molecule has 1 aromatic rings. The normalized spacial score (nSPS) is 12.9. The van der Waals surface area contributed by atoms with Gasteiger partial charge in [-0.15, -0.1) is 0 Å². The molecule has 1 rings (SSSR count). The second kappa shape index (κ2) is 5.07. The van der Waals surface area contributed by atoms with Gasteiger partial charge in [0.05, 0.1) is 11.1 Å². The van der Waals surface area contributed by atoms with Crippen LogP contribution in [0.2, 0.25) is 5.02 Å². The minimum absolute atomic E-state index is 0.187. The van der Waals surface area contributed by atoms with E-state index in [-0.39, 0.29) is 12.1 Å². The van der Waals surface area contributed by atoms with Crippen LogP contribution in [-0.4, -0.2) is 18.7 Å². The molecule has 0 amide bonds. The van der Waals surface area contributed by atoms with Crippen LogP contribution in [0.25, 0.3) is 0 Å². The van der Waals surface area contributed by atoms with E-state index in [1.54, 1.807) is 7.05 Å². The summed E-state index contributed by atoms with van der Waals surface area (Å²) in [5.74, 6) is -0.468. The van der Waals surface area contributed by atoms with Crippen molar-refractivity contribution in [1.29, 1.82) is 0 Å². The maximum atomic E-state index is 13.3. The highest BCUT2D eigenvalue weighted by molar-refractivity contribution is 9.10. The van der Waals surface area contributed by atoms with E-state index < -0.39 is 11.9 Å². The van der Waals surface area contributed by atoms with Crippen LogP contribution in [-0.2, 0) is 0 Å². The summed E-state index contributed by atoms with van der Waals surface area (Å²) in [5, 5.41) is 12.8. The minimum Gasteiger partial charge on any atom is -0.387 e. The van der Waals surface area contributed by atoms with Gasteiger partial charge in [0, 0.05) is 16.6 Å². The molecule has 1 aromatic carbocycles.